The van der Waals surface area contributed by atoms with Crippen LogP contribution in [0.5, 0.6) is 0 Å². The van der Waals surface area contributed by atoms with Crippen LogP contribution < -0.4 is 0 Å². The number of imide groups is 1. The zero-order valence-corrected chi connectivity index (χ0v) is 11.9. The highest BCUT2D eigenvalue weighted by molar-refractivity contribution is 6.05. The first-order chi connectivity index (χ1) is 9.59. The van der Waals surface area contributed by atoms with Gasteiger partial charge in [0.1, 0.15) is 0 Å². The maximum absolute atomic E-state index is 12.5. The normalized spacial score (nSPS) is 26.8. The van der Waals surface area contributed by atoms with E-state index in [-0.39, 0.29) is 29.7 Å². The number of carbonyl (C=O) groups is 2. The van der Waals surface area contributed by atoms with Crippen molar-refractivity contribution in [1.82, 2.24) is 4.90 Å². The molecular weight excluding hydrogens is 250 g/mol. The van der Waals surface area contributed by atoms with Crippen molar-refractivity contribution in [3.8, 4) is 0 Å². The van der Waals surface area contributed by atoms with Crippen molar-refractivity contribution in [3.63, 3.8) is 0 Å². The maximum Gasteiger partial charge on any atom is 0.233 e. The van der Waals surface area contributed by atoms with Gasteiger partial charge in [-0.1, -0.05) is 42.0 Å². The van der Waals surface area contributed by atoms with E-state index >= 15 is 0 Å². The minimum Gasteiger partial charge on any atom is -0.275 e. The molecule has 3 atom stereocenters. The van der Waals surface area contributed by atoms with Crippen molar-refractivity contribution >= 4 is 11.8 Å². The van der Waals surface area contributed by atoms with E-state index in [2.05, 4.69) is 0 Å². The predicted octanol–water partition coefficient (Wildman–Crippen LogP) is 3.01. The van der Waals surface area contributed by atoms with Crippen LogP contribution in [0.3, 0.4) is 0 Å². The van der Waals surface area contributed by atoms with Crippen LogP contribution in [0.2, 0.25) is 0 Å². The summed E-state index contributed by atoms with van der Waals surface area (Å²) in [6.45, 7) is 3.96. The molecule has 3 nitrogen and oxygen atoms in total. The molecule has 1 aromatic rings. The van der Waals surface area contributed by atoms with Crippen LogP contribution in [-0.4, -0.2) is 16.7 Å². The lowest BCUT2D eigenvalue weighted by Gasteiger charge is -2.23. The maximum atomic E-state index is 12.5. The summed E-state index contributed by atoms with van der Waals surface area (Å²) < 4.78 is 0. The zero-order valence-electron chi connectivity index (χ0n) is 11.9. The molecule has 1 aliphatic heterocycles. The van der Waals surface area contributed by atoms with Gasteiger partial charge in [-0.2, -0.15) is 0 Å². The fraction of sp³-hybridized carbons (Fsp3) is 0.412. The van der Waals surface area contributed by atoms with E-state index in [4.69, 9.17) is 0 Å². The first-order valence-corrected chi connectivity index (χ1v) is 7.18. The molecule has 2 aliphatic rings. The molecular formula is C17H19NO2. The number of aryl methyl sites for hydroxylation is 1. The van der Waals surface area contributed by atoms with Gasteiger partial charge in [0.15, 0.2) is 0 Å². The van der Waals surface area contributed by atoms with Gasteiger partial charge in [0, 0.05) is 0 Å². The van der Waals surface area contributed by atoms with Crippen LogP contribution in [0, 0.1) is 18.8 Å². The van der Waals surface area contributed by atoms with Crippen molar-refractivity contribution in [2.45, 2.75) is 32.7 Å². The fourth-order valence-corrected chi connectivity index (χ4v) is 3.20. The third-order valence-corrected chi connectivity index (χ3v) is 4.49. The third-order valence-electron chi connectivity index (χ3n) is 4.49. The number of benzene rings is 1. The van der Waals surface area contributed by atoms with Crippen LogP contribution in [0.4, 0.5) is 0 Å². The molecule has 20 heavy (non-hydrogen) atoms. The number of likely N-dealkylation sites (tertiary alicyclic amines) is 1. The molecule has 1 aliphatic carbocycles. The molecule has 3 heteroatoms. The average molecular weight is 269 g/mol. The van der Waals surface area contributed by atoms with Crippen LogP contribution >= 0.6 is 0 Å². The van der Waals surface area contributed by atoms with Crippen LogP contribution in [-0.2, 0) is 9.59 Å². The SMILES string of the molecule is Cc1ccc(C(C)N2C(=O)C3CC=CCC3C2=O)cc1. The monoisotopic (exact) mass is 269 g/mol. The first-order valence-electron chi connectivity index (χ1n) is 7.18. The number of carbonyl (C=O) groups excluding carboxylic acids is 2. The van der Waals surface area contributed by atoms with E-state index in [0.29, 0.717) is 12.8 Å². The van der Waals surface area contributed by atoms with E-state index in [1.165, 1.54) is 10.5 Å². The van der Waals surface area contributed by atoms with E-state index in [0.717, 1.165) is 5.56 Å². The largest absolute Gasteiger partial charge is 0.275 e. The minimum absolute atomic E-state index is 0.00238. The Balaban J connectivity index is 1.88. The Morgan fingerprint density at radius 1 is 1.00 bits per heavy atom. The van der Waals surface area contributed by atoms with Gasteiger partial charge >= 0.3 is 0 Å². The summed E-state index contributed by atoms with van der Waals surface area (Å²) in [5.41, 5.74) is 2.20. The summed E-state index contributed by atoms with van der Waals surface area (Å²) in [5, 5.41) is 0. The van der Waals surface area contributed by atoms with Gasteiger partial charge in [-0.3, -0.25) is 14.5 Å². The Morgan fingerprint density at radius 3 is 2.00 bits per heavy atom. The molecule has 0 saturated carbocycles. The number of nitrogens with zero attached hydrogens (tertiary/aromatic N) is 1. The molecule has 1 aromatic carbocycles. The molecule has 104 valence electrons. The van der Waals surface area contributed by atoms with E-state index in [1.807, 2.05) is 50.3 Å². The molecule has 0 aromatic heterocycles. The highest BCUT2D eigenvalue weighted by atomic mass is 16.2. The summed E-state index contributed by atoms with van der Waals surface area (Å²) in [5.74, 6) is -0.282. The summed E-state index contributed by atoms with van der Waals surface area (Å²) in [6, 6.07) is 7.86. The fourth-order valence-electron chi connectivity index (χ4n) is 3.20. The van der Waals surface area contributed by atoms with Gasteiger partial charge in [-0.15, -0.1) is 0 Å². The van der Waals surface area contributed by atoms with E-state index in [9.17, 15) is 9.59 Å². The Hall–Kier alpha value is -1.90. The van der Waals surface area contributed by atoms with Gasteiger partial charge in [0.2, 0.25) is 11.8 Å². The second-order valence-corrected chi connectivity index (χ2v) is 5.79. The molecule has 0 bridgehead atoms. The predicted molar refractivity (Wildman–Crippen MR) is 76.8 cm³/mol. The number of hydrogen-bond donors (Lipinski definition) is 0. The molecule has 2 amide bonds. The molecule has 0 radical (unpaired) electrons. The highest BCUT2D eigenvalue weighted by Gasteiger charge is 2.48. The number of allylic oxidation sites excluding steroid dienone is 2. The smallest absolute Gasteiger partial charge is 0.233 e. The molecule has 3 unspecified atom stereocenters. The second-order valence-electron chi connectivity index (χ2n) is 5.79. The lowest BCUT2D eigenvalue weighted by atomic mass is 9.85. The van der Waals surface area contributed by atoms with Gasteiger partial charge in [0.25, 0.3) is 0 Å². The summed E-state index contributed by atoms with van der Waals surface area (Å²) in [7, 11) is 0. The zero-order chi connectivity index (χ0) is 14.3. The van der Waals surface area contributed by atoms with Crippen LogP contribution in [0.15, 0.2) is 36.4 Å². The Morgan fingerprint density at radius 2 is 1.50 bits per heavy atom. The molecule has 3 rings (SSSR count). The topological polar surface area (TPSA) is 37.4 Å². The summed E-state index contributed by atoms with van der Waals surface area (Å²) in [4.78, 5) is 26.5. The third kappa shape index (κ3) is 1.98. The van der Waals surface area contributed by atoms with Crippen molar-refractivity contribution in [2.24, 2.45) is 11.8 Å². The number of hydrogen-bond acceptors (Lipinski definition) is 2. The average Bonchev–Trinajstić information content (AvgIpc) is 2.72. The van der Waals surface area contributed by atoms with Gasteiger partial charge in [-0.25, -0.2) is 0 Å². The van der Waals surface area contributed by atoms with Crippen molar-refractivity contribution in [2.75, 3.05) is 0 Å². The number of amides is 2. The lowest BCUT2D eigenvalue weighted by molar-refractivity contribution is -0.142. The summed E-state index contributed by atoms with van der Waals surface area (Å²) in [6.07, 6.45) is 5.44. The van der Waals surface area contributed by atoms with Crippen molar-refractivity contribution in [3.05, 3.63) is 47.5 Å². The van der Waals surface area contributed by atoms with Crippen LogP contribution in [0.1, 0.15) is 36.9 Å². The quantitative estimate of drug-likeness (QED) is 0.611. The first kappa shape index (κ1) is 13.1. The Bertz CT molecular complexity index is 547. The van der Waals surface area contributed by atoms with Gasteiger partial charge in [-0.05, 0) is 32.3 Å². The Labute approximate surface area is 119 Å². The highest BCUT2D eigenvalue weighted by Crippen LogP contribution is 2.39. The standard InChI is InChI=1S/C17H19NO2/c1-11-7-9-13(10-8-11)12(2)18-16(19)14-5-3-4-6-15(14)17(18)20/h3-4,7-10,12,14-15H,5-6H2,1-2H3. The lowest BCUT2D eigenvalue weighted by Crippen LogP contribution is -2.33. The van der Waals surface area contributed by atoms with Crippen LogP contribution in [0.25, 0.3) is 0 Å². The Kier molecular flexibility index (Phi) is 3.20. The van der Waals surface area contributed by atoms with Gasteiger partial charge in [0.05, 0.1) is 17.9 Å². The van der Waals surface area contributed by atoms with Crippen molar-refractivity contribution in [1.29, 1.82) is 0 Å². The van der Waals surface area contributed by atoms with Gasteiger partial charge < -0.3 is 0 Å². The van der Waals surface area contributed by atoms with E-state index in [1.54, 1.807) is 0 Å². The molecule has 1 heterocycles. The van der Waals surface area contributed by atoms with Crippen molar-refractivity contribution < 1.29 is 9.59 Å². The number of fused-ring (bicyclic) bond motifs is 1. The number of rotatable bonds is 2. The molecule has 1 saturated heterocycles. The summed E-state index contributed by atoms with van der Waals surface area (Å²) >= 11 is 0. The molecule has 1 fully saturated rings. The minimum atomic E-state index is -0.179. The molecule has 0 spiro atoms. The van der Waals surface area contributed by atoms with E-state index < -0.39 is 0 Å². The second kappa shape index (κ2) is 4.89. The molecule has 0 N–H and O–H groups in total.